The van der Waals surface area contributed by atoms with E-state index in [2.05, 4.69) is 179 Å². The van der Waals surface area contributed by atoms with Gasteiger partial charge in [-0.1, -0.05) is 211 Å². The summed E-state index contributed by atoms with van der Waals surface area (Å²) in [6, 6.07) is 0. The number of hydrogen-bond acceptors (Lipinski definition) is 6. The summed E-state index contributed by atoms with van der Waals surface area (Å²) in [5.74, 6) is -1.13. The van der Waals surface area contributed by atoms with E-state index in [0.29, 0.717) is 19.3 Å². The van der Waals surface area contributed by atoms with E-state index < -0.39 is 12.1 Å². The summed E-state index contributed by atoms with van der Waals surface area (Å²) in [6.07, 6.45) is 81.0. The van der Waals surface area contributed by atoms with E-state index in [1.54, 1.807) is 0 Å². The van der Waals surface area contributed by atoms with E-state index in [0.717, 1.165) is 96.3 Å². The van der Waals surface area contributed by atoms with Gasteiger partial charge in [-0.2, -0.15) is 0 Å². The van der Waals surface area contributed by atoms with Crippen molar-refractivity contribution in [3.05, 3.63) is 158 Å². The minimum atomic E-state index is -0.859. The van der Waals surface area contributed by atoms with Gasteiger partial charge in [-0.15, -0.1) is 0 Å². The Labute approximate surface area is 422 Å². The third kappa shape index (κ3) is 53.8. The first-order chi connectivity index (χ1) is 34.0. The Balaban J connectivity index is 4.68. The molecule has 0 saturated heterocycles. The summed E-state index contributed by atoms with van der Waals surface area (Å²) in [4.78, 5) is 38.0. The van der Waals surface area contributed by atoms with E-state index >= 15 is 0 Å². The molecular formula is C63H96O6. The number of hydrogen-bond donors (Lipinski definition) is 0. The molecule has 0 aliphatic rings. The molecule has 0 bridgehead atoms. The lowest BCUT2D eigenvalue weighted by atomic mass is 10.1. The highest BCUT2D eigenvalue weighted by Gasteiger charge is 2.19. The zero-order chi connectivity index (χ0) is 50.0. The van der Waals surface area contributed by atoms with Gasteiger partial charge in [0.2, 0.25) is 0 Å². The molecule has 0 aromatic rings. The number of carbonyl (C=O) groups excluding carboxylic acids is 3. The maximum atomic E-state index is 12.8. The molecule has 0 heterocycles. The lowest BCUT2D eigenvalue weighted by Crippen LogP contribution is -2.30. The molecule has 0 aromatic carbocycles. The summed E-state index contributed by atoms with van der Waals surface area (Å²) in [6.45, 7) is 6.24. The van der Waals surface area contributed by atoms with Crippen LogP contribution in [0.15, 0.2) is 158 Å². The lowest BCUT2D eigenvalue weighted by Gasteiger charge is -2.18. The monoisotopic (exact) mass is 949 g/mol. The molecule has 1 unspecified atom stereocenters. The number of unbranched alkanes of at least 4 members (excludes halogenated alkanes) is 9. The molecule has 0 N–H and O–H groups in total. The highest BCUT2D eigenvalue weighted by atomic mass is 16.6. The van der Waals surface area contributed by atoms with Gasteiger partial charge in [-0.05, 0) is 128 Å². The molecule has 0 aromatic heterocycles. The van der Waals surface area contributed by atoms with Gasteiger partial charge in [0, 0.05) is 19.3 Å². The molecule has 0 rings (SSSR count). The average molecular weight is 949 g/mol. The molecule has 0 amide bonds. The smallest absolute Gasteiger partial charge is 0.306 e. The van der Waals surface area contributed by atoms with Crippen molar-refractivity contribution in [3.63, 3.8) is 0 Å². The Morgan fingerprint density at radius 1 is 0.304 bits per heavy atom. The first kappa shape index (κ1) is 64.0. The van der Waals surface area contributed by atoms with Crippen LogP contribution in [0.3, 0.4) is 0 Å². The summed E-state index contributed by atoms with van der Waals surface area (Å²) >= 11 is 0. The Hall–Kier alpha value is -4.97. The molecule has 0 radical (unpaired) electrons. The van der Waals surface area contributed by atoms with Gasteiger partial charge < -0.3 is 14.2 Å². The average Bonchev–Trinajstić information content (AvgIpc) is 3.35. The quantitative estimate of drug-likeness (QED) is 0.0262. The highest BCUT2D eigenvalue weighted by Crippen LogP contribution is 2.10. The number of ether oxygens (including phenoxy) is 3. The van der Waals surface area contributed by atoms with Crippen LogP contribution in [0.2, 0.25) is 0 Å². The Morgan fingerprint density at radius 3 is 0.884 bits per heavy atom. The number of esters is 3. The van der Waals surface area contributed by atoms with Crippen molar-refractivity contribution >= 4 is 17.9 Å². The minimum absolute atomic E-state index is 0.152. The largest absolute Gasteiger partial charge is 0.462 e. The molecule has 6 heteroatoms. The van der Waals surface area contributed by atoms with Crippen LogP contribution >= 0.6 is 0 Å². The standard InChI is InChI=1S/C63H96O6/c1-4-7-10-13-16-19-22-25-28-31-34-37-40-43-46-49-52-55-61(64)67-58-60(69-63(66)57-54-51-48-45-42-39-36-33-30-27-24-21-18-15-12-9-6-3)59-68-62(65)56-53-50-47-44-41-38-35-32-29-26-23-20-17-14-11-8-5-2/h7,9-10,12,16,18-19,21,25-30,34-39,43-48,60H,4-6,8,11,13-15,17,20,22-24,31-33,40-42,49-59H2,1-3H3/b10-7-,12-9-,19-16-,21-18-,28-25-,29-26-,30-27-,37-34-,38-35-,39-36-,46-43-,47-44-,48-45-. The van der Waals surface area contributed by atoms with Crippen LogP contribution in [0.1, 0.15) is 201 Å². The summed E-state index contributed by atoms with van der Waals surface area (Å²) < 4.78 is 16.7. The van der Waals surface area contributed by atoms with Gasteiger partial charge in [0.1, 0.15) is 13.2 Å². The second kappa shape index (κ2) is 55.6. The second-order valence-corrected chi connectivity index (χ2v) is 17.0. The van der Waals surface area contributed by atoms with Crippen molar-refractivity contribution in [1.29, 1.82) is 0 Å². The van der Waals surface area contributed by atoms with E-state index in [9.17, 15) is 14.4 Å². The number of rotatable bonds is 46. The predicted octanol–water partition coefficient (Wildman–Crippen LogP) is 18.2. The van der Waals surface area contributed by atoms with Crippen molar-refractivity contribution < 1.29 is 28.6 Å². The van der Waals surface area contributed by atoms with Crippen molar-refractivity contribution in [3.8, 4) is 0 Å². The Kier molecular flexibility index (Phi) is 51.6. The van der Waals surface area contributed by atoms with Gasteiger partial charge in [-0.25, -0.2) is 0 Å². The molecular weight excluding hydrogens is 853 g/mol. The summed E-state index contributed by atoms with van der Waals surface area (Å²) in [5.41, 5.74) is 0. The van der Waals surface area contributed by atoms with Gasteiger partial charge in [0.25, 0.3) is 0 Å². The van der Waals surface area contributed by atoms with Crippen LogP contribution in [0.4, 0.5) is 0 Å². The van der Waals surface area contributed by atoms with Crippen molar-refractivity contribution in [2.24, 2.45) is 0 Å². The van der Waals surface area contributed by atoms with E-state index in [-0.39, 0.29) is 44.4 Å². The SMILES string of the molecule is CC/C=C\C/C=C\C/C=C\C/C=C\C/C=C\CCCC(=O)OCC(COC(=O)CCC/C=C\C/C=C\C/C=C\CCCCCCCC)OC(=O)CCC/C=C\C/C=C\C/C=C\C/C=C\C/C=C\CC. The van der Waals surface area contributed by atoms with E-state index in [1.807, 2.05) is 0 Å². The molecule has 1 atom stereocenters. The highest BCUT2D eigenvalue weighted by molar-refractivity contribution is 5.71. The van der Waals surface area contributed by atoms with Gasteiger partial charge in [0.05, 0.1) is 0 Å². The lowest BCUT2D eigenvalue weighted by molar-refractivity contribution is -0.166. The van der Waals surface area contributed by atoms with Crippen LogP contribution in [0, 0.1) is 0 Å². The van der Waals surface area contributed by atoms with Crippen LogP contribution in [-0.2, 0) is 28.6 Å². The fraction of sp³-hybridized carbons (Fsp3) is 0.540. The normalized spacial score (nSPS) is 13.4. The predicted molar refractivity (Wildman–Crippen MR) is 297 cm³/mol. The third-order valence-corrected chi connectivity index (χ3v) is 10.5. The first-order valence-corrected chi connectivity index (χ1v) is 27.0. The molecule has 384 valence electrons. The molecule has 0 aliphatic heterocycles. The molecule has 69 heavy (non-hydrogen) atoms. The van der Waals surface area contributed by atoms with E-state index in [4.69, 9.17) is 14.2 Å². The minimum Gasteiger partial charge on any atom is -0.462 e. The maximum Gasteiger partial charge on any atom is 0.306 e. The number of carbonyl (C=O) groups is 3. The number of allylic oxidation sites excluding steroid dienone is 26. The van der Waals surface area contributed by atoms with E-state index in [1.165, 1.54) is 44.9 Å². The molecule has 0 spiro atoms. The Morgan fingerprint density at radius 2 is 0.565 bits per heavy atom. The van der Waals surface area contributed by atoms with Crippen LogP contribution in [0.5, 0.6) is 0 Å². The third-order valence-electron chi connectivity index (χ3n) is 10.5. The molecule has 0 saturated carbocycles. The fourth-order valence-electron chi connectivity index (χ4n) is 6.53. The van der Waals surface area contributed by atoms with Crippen molar-refractivity contribution in [2.75, 3.05) is 13.2 Å². The second-order valence-electron chi connectivity index (χ2n) is 17.0. The molecule has 6 nitrogen and oxygen atoms in total. The van der Waals surface area contributed by atoms with Gasteiger partial charge in [-0.3, -0.25) is 14.4 Å². The van der Waals surface area contributed by atoms with Crippen LogP contribution in [-0.4, -0.2) is 37.2 Å². The van der Waals surface area contributed by atoms with Crippen LogP contribution in [0.25, 0.3) is 0 Å². The summed E-state index contributed by atoms with van der Waals surface area (Å²) in [5, 5.41) is 0. The molecule has 0 fully saturated rings. The van der Waals surface area contributed by atoms with Gasteiger partial charge >= 0.3 is 17.9 Å². The van der Waals surface area contributed by atoms with Crippen molar-refractivity contribution in [2.45, 2.75) is 207 Å². The molecule has 0 aliphatic carbocycles. The van der Waals surface area contributed by atoms with Crippen LogP contribution < -0.4 is 0 Å². The van der Waals surface area contributed by atoms with Crippen molar-refractivity contribution in [1.82, 2.24) is 0 Å². The Bertz CT molecular complexity index is 1610. The fourth-order valence-corrected chi connectivity index (χ4v) is 6.53. The zero-order valence-electron chi connectivity index (χ0n) is 43.8. The first-order valence-electron chi connectivity index (χ1n) is 27.0. The zero-order valence-corrected chi connectivity index (χ0v) is 43.8. The maximum absolute atomic E-state index is 12.8. The topological polar surface area (TPSA) is 78.9 Å². The van der Waals surface area contributed by atoms with Gasteiger partial charge in [0.15, 0.2) is 6.10 Å². The summed E-state index contributed by atoms with van der Waals surface area (Å²) in [7, 11) is 0.